The standard InChI is InChI=1S/C44H86O/c1-5-7-9-11-13-15-17-19-21-23-25-27-29-31-33-35-37-39-41-43(3)45-44(4)42-40-38-36-34-32-30-28-26-24-22-20-18-16-14-12-10-8-6-2/h3-42H2,1-2H3. The summed E-state index contributed by atoms with van der Waals surface area (Å²) >= 11 is 0. The van der Waals surface area contributed by atoms with Crippen molar-refractivity contribution in [2.75, 3.05) is 0 Å². The summed E-state index contributed by atoms with van der Waals surface area (Å²) < 4.78 is 5.93. The van der Waals surface area contributed by atoms with Crippen LogP contribution in [0.1, 0.15) is 258 Å². The molecule has 0 rings (SSSR count). The SMILES string of the molecule is C=C(CCCCCCCCCCCCCCCCCCCC)OC(=C)CCCCCCCCCCCCCCCCCCCC. The van der Waals surface area contributed by atoms with Crippen molar-refractivity contribution in [3.63, 3.8) is 0 Å². The minimum atomic E-state index is 0.930. The van der Waals surface area contributed by atoms with Gasteiger partial charge in [0.25, 0.3) is 0 Å². The van der Waals surface area contributed by atoms with Gasteiger partial charge in [0.15, 0.2) is 0 Å². The maximum atomic E-state index is 5.93. The lowest BCUT2D eigenvalue weighted by Crippen LogP contribution is -1.93. The smallest absolute Gasteiger partial charge is 0.0964 e. The maximum absolute atomic E-state index is 5.93. The zero-order valence-electron chi connectivity index (χ0n) is 31.7. The predicted molar refractivity (Wildman–Crippen MR) is 206 cm³/mol. The van der Waals surface area contributed by atoms with Gasteiger partial charge in [-0.15, -0.1) is 0 Å². The van der Waals surface area contributed by atoms with Crippen molar-refractivity contribution in [3.8, 4) is 0 Å². The normalized spacial score (nSPS) is 11.3. The van der Waals surface area contributed by atoms with Gasteiger partial charge < -0.3 is 4.74 Å². The lowest BCUT2D eigenvalue weighted by atomic mass is 10.0. The van der Waals surface area contributed by atoms with Gasteiger partial charge in [-0.05, 0) is 12.8 Å². The fraction of sp³-hybridized carbons (Fsp3) is 0.909. The zero-order valence-corrected chi connectivity index (χ0v) is 31.7. The highest BCUT2D eigenvalue weighted by Crippen LogP contribution is 2.19. The van der Waals surface area contributed by atoms with Gasteiger partial charge in [0.1, 0.15) is 0 Å². The lowest BCUT2D eigenvalue weighted by Gasteiger charge is -2.11. The summed E-state index contributed by atoms with van der Waals surface area (Å²) in [6.07, 6.45) is 53.1. The van der Waals surface area contributed by atoms with Crippen LogP contribution in [-0.4, -0.2) is 0 Å². The molecule has 0 heterocycles. The van der Waals surface area contributed by atoms with E-state index in [2.05, 4.69) is 27.0 Å². The molecule has 0 amide bonds. The molecule has 268 valence electrons. The van der Waals surface area contributed by atoms with Crippen LogP contribution in [-0.2, 0) is 4.74 Å². The summed E-state index contributed by atoms with van der Waals surface area (Å²) in [4.78, 5) is 0. The highest BCUT2D eigenvalue weighted by Gasteiger charge is 2.02. The largest absolute Gasteiger partial charge is 0.467 e. The van der Waals surface area contributed by atoms with Gasteiger partial charge in [0.2, 0.25) is 0 Å². The van der Waals surface area contributed by atoms with Crippen LogP contribution in [0.2, 0.25) is 0 Å². The molecule has 0 N–H and O–H groups in total. The van der Waals surface area contributed by atoms with E-state index >= 15 is 0 Å². The summed E-state index contributed by atoms with van der Waals surface area (Å²) in [5, 5.41) is 0. The van der Waals surface area contributed by atoms with Crippen LogP contribution >= 0.6 is 0 Å². The summed E-state index contributed by atoms with van der Waals surface area (Å²) in [5.41, 5.74) is 0. The molecular formula is C44H86O. The minimum Gasteiger partial charge on any atom is -0.467 e. The van der Waals surface area contributed by atoms with Crippen molar-refractivity contribution in [1.82, 2.24) is 0 Å². The Morgan fingerprint density at radius 3 is 0.600 bits per heavy atom. The first-order valence-corrected chi connectivity index (χ1v) is 21.2. The molecule has 0 aliphatic rings. The summed E-state index contributed by atoms with van der Waals surface area (Å²) in [6.45, 7) is 12.9. The van der Waals surface area contributed by atoms with Crippen molar-refractivity contribution >= 4 is 0 Å². The van der Waals surface area contributed by atoms with Crippen LogP contribution in [0.25, 0.3) is 0 Å². The van der Waals surface area contributed by atoms with Gasteiger partial charge in [-0.2, -0.15) is 0 Å². The number of hydrogen-bond donors (Lipinski definition) is 0. The van der Waals surface area contributed by atoms with Crippen LogP contribution in [0.15, 0.2) is 24.7 Å². The molecule has 0 spiro atoms. The van der Waals surface area contributed by atoms with E-state index in [1.165, 1.54) is 231 Å². The van der Waals surface area contributed by atoms with Gasteiger partial charge in [0.05, 0.1) is 11.5 Å². The molecule has 0 unspecified atom stereocenters. The van der Waals surface area contributed by atoms with Crippen LogP contribution < -0.4 is 0 Å². The number of unbranched alkanes of at least 4 members (excludes halogenated alkanes) is 34. The Bertz CT molecular complexity index is 528. The molecule has 0 aromatic heterocycles. The number of allylic oxidation sites excluding steroid dienone is 2. The molecule has 1 heteroatoms. The second-order valence-corrected chi connectivity index (χ2v) is 14.7. The number of hydrogen-bond acceptors (Lipinski definition) is 1. The molecule has 0 atom stereocenters. The summed E-state index contributed by atoms with van der Waals surface area (Å²) in [6, 6.07) is 0. The highest BCUT2D eigenvalue weighted by molar-refractivity contribution is 4.93. The van der Waals surface area contributed by atoms with Crippen molar-refractivity contribution in [3.05, 3.63) is 24.7 Å². The Labute approximate surface area is 286 Å². The molecule has 1 nitrogen and oxygen atoms in total. The maximum Gasteiger partial charge on any atom is 0.0964 e. The van der Waals surface area contributed by atoms with Gasteiger partial charge in [-0.1, -0.05) is 245 Å². The van der Waals surface area contributed by atoms with Crippen LogP contribution in [0, 0.1) is 0 Å². The molecule has 45 heavy (non-hydrogen) atoms. The van der Waals surface area contributed by atoms with Gasteiger partial charge in [-0.25, -0.2) is 0 Å². The lowest BCUT2D eigenvalue weighted by molar-refractivity contribution is 0.274. The molecule has 0 saturated carbocycles. The molecule has 0 saturated heterocycles. The van der Waals surface area contributed by atoms with Gasteiger partial charge in [-0.3, -0.25) is 0 Å². The Balaban J connectivity index is 3.26. The van der Waals surface area contributed by atoms with E-state index in [1.54, 1.807) is 0 Å². The second kappa shape index (κ2) is 39.5. The molecule has 0 aromatic carbocycles. The number of ether oxygens (including phenoxy) is 1. The third-order valence-electron chi connectivity index (χ3n) is 9.91. The van der Waals surface area contributed by atoms with E-state index in [1.807, 2.05) is 0 Å². The number of rotatable bonds is 40. The van der Waals surface area contributed by atoms with Gasteiger partial charge >= 0.3 is 0 Å². The third kappa shape index (κ3) is 39.4. The third-order valence-corrected chi connectivity index (χ3v) is 9.91. The quantitative estimate of drug-likeness (QED) is 0.0483. The van der Waals surface area contributed by atoms with E-state index < -0.39 is 0 Å². The first-order chi connectivity index (χ1) is 22.2. The van der Waals surface area contributed by atoms with Crippen LogP contribution in [0.3, 0.4) is 0 Å². The van der Waals surface area contributed by atoms with Crippen molar-refractivity contribution in [1.29, 1.82) is 0 Å². The Morgan fingerprint density at radius 1 is 0.267 bits per heavy atom. The second-order valence-electron chi connectivity index (χ2n) is 14.7. The van der Waals surface area contributed by atoms with E-state index in [4.69, 9.17) is 4.74 Å². The molecule has 0 fully saturated rings. The predicted octanol–water partition coefficient (Wildman–Crippen LogP) is 16.9. The monoisotopic (exact) mass is 631 g/mol. The molecule has 0 bridgehead atoms. The first-order valence-electron chi connectivity index (χ1n) is 21.2. The molecule has 0 radical (unpaired) electrons. The van der Waals surface area contributed by atoms with Crippen LogP contribution in [0.4, 0.5) is 0 Å². The average Bonchev–Trinajstić information content (AvgIpc) is 3.03. The molecule has 0 aliphatic heterocycles. The first kappa shape index (κ1) is 44.3. The fourth-order valence-electron chi connectivity index (χ4n) is 6.75. The van der Waals surface area contributed by atoms with Crippen molar-refractivity contribution in [2.24, 2.45) is 0 Å². The topological polar surface area (TPSA) is 9.23 Å². The Hall–Kier alpha value is -0.720. The van der Waals surface area contributed by atoms with E-state index in [-0.39, 0.29) is 0 Å². The zero-order chi connectivity index (χ0) is 32.7. The Kier molecular flexibility index (Phi) is 38.8. The molecular weight excluding hydrogens is 544 g/mol. The molecule has 0 aliphatic carbocycles. The van der Waals surface area contributed by atoms with Gasteiger partial charge in [0, 0.05) is 12.8 Å². The average molecular weight is 631 g/mol. The van der Waals surface area contributed by atoms with Crippen LogP contribution in [0.5, 0.6) is 0 Å². The molecule has 0 aromatic rings. The summed E-state index contributed by atoms with van der Waals surface area (Å²) in [7, 11) is 0. The minimum absolute atomic E-state index is 0.930. The summed E-state index contributed by atoms with van der Waals surface area (Å²) in [5.74, 6) is 1.86. The highest BCUT2D eigenvalue weighted by atomic mass is 16.5. The fourth-order valence-corrected chi connectivity index (χ4v) is 6.75. The van der Waals surface area contributed by atoms with E-state index in [0.717, 1.165) is 24.4 Å². The van der Waals surface area contributed by atoms with E-state index in [0.29, 0.717) is 0 Å². The van der Waals surface area contributed by atoms with Crippen molar-refractivity contribution < 1.29 is 4.74 Å². The van der Waals surface area contributed by atoms with E-state index in [9.17, 15) is 0 Å². The Morgan fingerprint density at radius 2 is 0.422 bits per heavy atom. The van der Waals surface area contributed by atoms with Crippen molar-refractivity contribution in [2.45, 2.75) is 258 Å².